The summed E-state index contributed by atoms with van der Waals surface area (Å²) in [6.07, 6.45) is 3.49. The maximum Gasteiger partial charge on any atom is 0.274 e. The fourth-order valence-corrected chi connectivity index (χ4v) is 2.65. The Morgan fingerprint density at radius 3 is 2.71 bits per heavy atom. The van der Waals surface area contributed by atoms with E-state index < -0.39 is 5.91 Å². The van der Waals surface area contributed by atoms with Crippen LogP contribution < -0.4 is 5.32 Å². The van der Waals surface area contributed by atoms with Crippen LogP contribution in [0, 0.1) is 11.3 Å². The van der Waals surface area contributed by atoms with E-state index in [2.05, 4.69) is 10.3 Å². The summed E-state index contributed by atoms with van der Waals surface area (Å²) >= 11 is 0. The second kappa shape index (κ2) is 6.92. The average Bonchev–Trinajstić information content (AvgIpc) is 3.16. The van der Waals surface area contributed by atoms with Crippen LogP contribution in [0.2, 0.25) is 0 Å². The molecule has 1 aromatic heterocycles. The third-order valence-corrected chi connectivity index (χ3v) is 3.88. The van der Waals surface area contributed by atoms with E-state index in [1.807, 2.05) is 6.07 Å². The van der Waals surface area contributed by atoms with Crippen molar-refractivity contribution in [3.63, 3.8) is 0 Å². The molecule has 0 radical (unpaired) electrons. The Morgan fingerprint density at radius 1 is 1.17 bits per heavy atom. The van der Waals surface area contributed by atoms with E-state index in [0.717, 1.165) is 25.9 Å². The number of carbonyl (C=O) groups is 2. The number of hydrogen-bond donors (Lipinski definition) is 1. The maximum atomic E-state index is 12.4. The summed E-state index contributed by atoms with van der Waals surface area (Å²) in [6, 6.07) is 11.8. The van der Waals surface area contributed by atoms with Crippen LogP contribution in [0.3, 0.4) is 0 Å². The molecule has 0 saturated carbocycles. The molecule has 0 atom stereocenters. The fourth-order valence-electron chi connectivity index (χ4n) is 2.65. The number of nitrogens with zero attached hydrogens (tertiary/aromatic N) is 3. The summed E-state index contributed by atoms with van der Waals surface area (Å²) in [5.74, 6) is -0.489. The van der Waals surface area contributed by atoms with E-state index in [1.54, 1.807) is 35.2 Å². The van der Waals surface area contributed by atoms with Crippen molar-refractivity contribution in [3.05, 3.63) is 59.4 Å². The minimum Gasteiger partial charge on any atom is -0.339 e. The van der Waals surface area contributed by atoms with Crippen LogP contribution in [0.5, 0.6) is 0 Å². The molecule has 120 valence electrons. The van der Waals surface area contributed by atoms with E-state index in [0.29, 0.717) is 16.8 Å². The molecule has 1 aliphatic rings. The number of rotatable bonds is 3. The summed E-state index contributed by atoms with van der Waals surface area (Å²) in [5.41, 5.74) is 1.60. The SMILES string of the molecule is N#Cc1cccc(NC(=O)c2cc(C(=O)N3CCCC3)ccn2)c1. The zero-order valence-electron chi connectivity index (χ0n) is 13.0. The molecule has 0 aliphatic carbocycles. The van der Waals surface area contributed by atoms with Gasteiger partial charge in [0, 0.05) is 30.5 Å². The van der Waals surface area contributed by atoms with Gasteiger partial charge in [-0.1, -0.05) is 6.07 Å². The molecule has 0 spiro atoms. The van der Waals surface area contributed by atoms with Crippen molar-refractivity contribution in [2.24, 2.45) is 0 Å². The normalized spacial score (nSPS) is 13.4. The number of likely N-dealkylation sites (tertiary alicyclic amines) is 1. The molecule has 2 aromatic rings. The van der Waals surface area contributed by atoms with Crippen molar-refractivity contribution >= 4 is 17.5 Å². The summed E-state index contributed by atoms with van der Waals surface area (Å²) in [6.45, 7) is 1.51. The first-order chi connectivity index (χ1) is 11.7. The zero-order valence-corrected chi connectivity index (χ0v) is 13.0. The number of amides is 2. The van der Waals surface area contributed by atoms with Crippen LogP contribution >= 0.6 is 0 Å². The average molecular weight is 320 g/mol. The molecule has 0 bridgehead atoms. The molecule has 2 heterocycles. The quantitative estimate of drug-likeness (QED) is 0.941. The predicted molar refractivity (Wildman–Crippen MR) is 88.5 cm³/mol. The summed E-state index contributed by atoms with van der Waals surface area (Å²) < 4.78 is 0. The Hall–Kier alpha value is -3.20. The molecule has 3 rings (SSSR count). The highest BCUT2D eigenvalue weighted by Gasteiger charge is 2.20. The molecule has 1 fully saturated rings. The molecule has 1 aliphatic heterocycles. The number of hydrogen-bond acceptors (Lipinski definition) is 4. The lowest BCUT2D eigenvalue weighted by Gasteiger charge is -2.15. The first kappa shape index (κ1) is 15.7. The van der Waals surface area contributed by atoms with Crippen molar-refractivity contribution < 1.29 is 9.59 Å². The van der Waals surface area contributed by atoms with E-state index in [-0.39, 0.29) is 11.6 Å². The van der Waals surface area contributed by atoms with E-state index in [1.165, 1.54) is 12.3 Å². The maximum absolute atomic E-state index is 12.4. The first-order valence-electron chi connectivity index (χ1n) is 7.74. The smallest absolute Gasteiger partial charge is 0.274 e. The second-order valence-corrected chi connectivity index (χ2v) is 5.58. The van der Waals surface area contributed by atoms with Gasteiger partial charge < -0.3 is 10.2 Å². The number of anilines is 1. The fraction of sp³-hybridized carbons (Fsp3) is 0.222. The summed E-state index contributed by atoms with van der Waals surface area (Å²) in [4.78, 5) is 30.5. The number of benzene rings is 1. The van der Waals surface area contributed by atoms with Crippen LogP contribution in [0.4, 0.5) is 5.69 Å². The molecule has 0 unspecified atom stereocenters. The van der Waals surface area contributed by atoms with Gasteiger partial charge >= 0.3 is 0 Å². The summed E-state index contributed by atoms with van der Waals surface area (Å²) in [7, 11) is 0. The Bertz CT molecular complexity index is 820. The Balaban J connectivity index is 1.76. The van der Waals surface area contributed by atoms with Crippen molar-refractivity contribution in [3.8, 4) is 6.07 Å². The topological polar surface area (TPSA) is 86.1 Å². The van der Waals surface area contributed by atoms with E-state index in [9.17, 15) is 9.59 Å². The molecule has 24 heavy (non-hydrogen) atoms. The van der Waals surface area contributed by atoms with Crippen molar-refractivity contribution in [2.45, 2.75) is 12.8 Å². The monoisotopic (exact) mass is 320 g/mol. The van der Waals surface area contributed by atoms with Crippen LogP contribution in [0.15, 0.2) is 42.6 Å². The largest absolute Gasteiger partial charge is 0.339 e. The van der Waals surface area contributed by atoms with Crippen LogP contribution in [0.1, 0.15) is 39.3 Å². The van der Waals surface area contributed by atoms with Gasteiger partial charge in [-0.3, -0.25) is 14.6 Å². The van der Waals surface area contributed by atoms with Crippen LogP contribution in [0.25, 0.3) is 0 Å². The minimum absolute atomic E-state index is 0.0737. The second-order valence-electron chi connectivity index (χ2n) is 5.58. The van der Waals surface area contributed by atoms with E-state index in [4.69, 9.17) is 5.26 Å². The number of carbonyl (C=O) groups excluding carboxylic acids is 2. The number of pyridine rings is 1. The molecule has 1 saturated heterocycles. The van der Waals surface area contributed by atoms with Gasteiger partial charge in [-0.2, -0.15) is 5.26 Å². The van der Waals surface area contributed by atoms with E-state index >= 15 is 0 Å². The number of aromatic nitrogens is 1. The van der Waals surface area contributed by atoms with Crippen LogP contribution in [-0.2, 0) is 0 Å². The standard InChI is InChI=1S/C18H16N4O2/c19-12-13-4-3-5-15(10-13)21-17(23)16-11-14(6-7-20-16)18(24)22-8-1-2-9-22/h3-7,10-11H,1-2,8-9H2,(H,21,23). The predicted octanol–water partition coefficient (Wildman–Crippen LogP) is 2.44. The highest BCUT2D eigenvalue weighted by molar-refractivity contribution is 6.04. The number of nitrogens with one attached hydrogen (secondary N) is 1. The van der Waals surface area contributed by atoms with Crippen molar-refractivity contribution in [2.75, 3.05) is 18.4 Å². The highest BCUT2D eigenvalue weighted by atomic mass is 16.2. The lowest BCUT2D eigenvalue weighted by Crippen LogP contribution is -2.28. The zero-order chi connectivity index (χ0) is 16.9. The molecule has 6 heteroatoms. The molecular formula is C18H16N4O2. The Kier molecular flexibility index (Phi) is 4.52. The lowest BCUT2D eigenvalue weighted by molar-refractivity contribution is 0.0792. The lowest BCUT2D eigenvalue weighted by atomic mass is 10.2. The highest BCUT2D eigenvalue weighted by Crippen LogP contribution is 2.15. The third-order valence-electron chi connectivity index (χ3n) is 3.88. The molecule has 1 aromatic carbocycles. The molecule has 1 N–H and O–H groups in total. The minimum atomic E-state index is -0.416. The van der Waals surface area contributed by atoms with Gasteiger partial charge in [0.15, 0.2) is 0 Å². The first-order valence-corrected chi connectivity index (χ1v) is 7.74. The third kappa shape index (κ3) is 3.41. The van der Waals surface area contributed by atoms with Gasteiger partial charge in [-0.05, 0) is 43.2 Å². The van der Waals surface area contributed by atoms with Crippen molar-refractivity contribution in [1.82, 2.24) is 9.88 Å². The van der Waals surface area contributed by atoms with Gasteiger partial charge in [0.1, 0.15) is 5.69 Å². The Labute approximate surface area is 139 Å². The van der Waals surface area contributed by atoms with Gasteiger partial charge in [0.05, 0.1) is 11.6 Å². The molecule has 6 nitrogen and oxygen atoms in total. The Morgan fingerprint density at radius 2 is 1.96 bits per heavy atom. The number of nitriles is 1. The van der Waals surface area contributed by atoms with Gasteiger partial charge in [0.2, 0.25) is 0 Å². The summed E-state index contributed by atoms with van der Waals surface area (Å²) in [5, 5.41) is 11.6. The van der Waals surface area contributed by atoms with Crippen LogP contribution in [-0.4, -0.2) is 34.8 Å². The van der Waals surface area contributed by atoms with Gasteiger partial charge in [0.25, 0.3) is 11.8 Å². The van der Waals surface area contributed by atoms with Gasteiger partial charge in [-0.25, -0.2) is 0 Å². The molecular weight excluding hydrogens is 304 g/mol. The van der Waals surface area contributed by atoms with Crippen molar-refractivity contribution in [1.29, 1.82) is 5.26 Å². The molecule has 2 amide bonds. The van der Waals surface area contributed by atoms with Gasteiger partial charge in [-0.15, -0.1) is 0 Å².